The third kappa shape index (κ3) is 10.6. The summed E-state index contributed by atoms with van der Waals surface area (Å²) in [6, 6.07) is 2.78. The van der Waals surface area contributed by atoms with E-state index in [0.717, 1.165) is 30.1 Å². The number of carbonyl (C=O) groups excluding carboxylic acids is 3. The molecule has 338 valence electrons. The molecule has 15 nitrogen and oxygen atoms in total. The van der Waals surface area contributed by atoms with Crippen LogP contribution in [0.2, 0.25) is 0 Å². The van der Waals surface area contributed by atoms with Crippen molar-refractivity contribution in [1.82, 2.24) is 30.2 Å². The number of sulfonamides is 1. The summed E-state index contributed by atoms with van der Waals surface area (Å²) in [7, 11) is -2.91. The molecule has 60 heavy (non-hydrogen) atoms. The van der Waals surface area contributed by atoms with E-state index in [1.54, 1.807) is 6.92 Å². The number of rotatable bonds is 17. The molecule has 20 heteroatoms. The second-order valence-electron chi connectivity index (χ2n) is 16.9. The summed E-state index contributed by atoms with van der Waals surface area (Å²) in [6.07, 6.45) is -0.806. The molecule has 1 saturated heterocycles. The smallest absolute Gasteiger partial charge is 0.405 e. The van der Waals surface area contributed by atoms with E-state index in [-0.39, 0.29) is 34.6 Å². The van der Waals surface area contributed by atoms with Gasteiger partial charge in [-0.3, -0.25) is 19.1 Å². The highest BCUT2D eigenvalue weighted by molar-refractivity contribution is 7.91. The Morgan fingerprint density at radius 3 is 2.33 bits per heavy atom. The number of fused-ring (bicyclic) bond motifs is 1. The molecule has 5 atom stereocenters. The van der Waals surface area contributed by atoms with E-state index in [4.69, 9.17) is 9.47 Å². The molecule has 6 rings (SSSR count). The van der Waals surface area contributed by atoms with Crippen molar-refractivity contribution < 1.29 is 64.0 Å². The Morgan fingerprint density at radius 1 is 1.12 bits per heavy atom. The van der Waals surface area contributed by atoms with E-state index in [2.05, 4.69) is 36.1 Å². The van der Waals surface area contributed by atoms with Crippen LogP contribution in [0.15, 0.2) is 30.4 Å². The number of halogens is 4. The maximum atomic E-state index is 16.0. The maximum Gasteiger partial charge on any atom is 0.405 e. The van der Waals surface area contributed by atoms with Gasteiger partial charge in [-0.2, -0.15) is 8.78 Å². The van der Waals surface area contributed by atoms with Gasteiger partial charge in [-0.05, 0) is 75.5 Å². The number of carbonyl (C=O) groups is 4. The molecule has 4 N–H and O–H groups in total. The zero-order valence-electron chi connectivity index (χ0n) is 34.5. The zero-order valence-corrected chi connectivity index (χ0v) is 35.3. The molecule has 3 aliphatic carbocycles. The fraction of sp³-hybridized carbons (Fsp3) is 0.650. The summed E-state index contributed by atoms with van der Waals surface area (Å²) >= 11 is 0. The Morgan fingerprint density at radius 2 is 1.78 bits per heavy atom. The van der Waals surface area contributed by atoms with Gasteiger partial charge >= 0.3 is 12.0 Å². The number of nitrogens with zero attached hydrogens (tertiary/aromatic N) is 3. The molecule has 4 aliphatic rings. The molecule has 4 amide bonds. The Balaban J connectivity index is 0.00000187. The van der Waals surface area contributed by atoms with E-state index >= 15 is 8.78 Å². The average Bonchev–Trinajstić information content (AvgIpc) is 4.10. The molecular formula is C40H60F4N6O9S. The van der Waals surface area contributed by atoms with Crippen LogP contribution in [0.25, 0.3) is 11.0 Å². The molecule has 2 aromatic rings. The van der Waals surface area contributed by atoms with E-state index in [0.29, 0.717) is 24.2 Å². The van der Waals surface area contributed by atoms with Gasteiger partial charge in [0.1, 0.15) is 30.0 Å². The molecule has 2 heterocycles. The second kappa shape index (κ2) is 18.1. The number of hydrogen-bond acceptors (Lipinski definition) is 10. The van der Waals surface area contributed by atoms with Gasteiger partial charge in [0, 0.05) is 16.3 Å². The van der Waals surface area contributed by atoms with Crippen LogP contribution in [0.3, 0.4) is 0 Å². The number of benzene rings is 1. The van der Waals surface area contributed by atoms with Gasteiger partial charge in [0.25, 0.3) is 5.91 Å². The van der Waals surface area contributed by atoms with Crippen molar-refractivity contribution in [3.63, 3.8) is 0 Å². The van der Waals surface area contributed by atoms with E-state index in [9.17, 15) is 41.5 Å². The summed E-state index contributed by atoms with van der Waals surface area (Å²) in [5, 5.41) is 13.4. The predicted molar refractivity (Wildman–Crippen MR) is 217 cm³/mol. The van der Waals surface area contributed by atoms with Crippen molar-refractivity contribution in [2.24, 2.45) is 23.7 Å². The number of methoxy groups -OCH3 is 1. The highest BCUT2D eigenvalue weighted by Crippen LogP contribution is 2.50. The van der Waals surface area contributed by atoms with Gasteiger partial charge in [-0.1, -0.05) is 46.6 Å². The molecule has 0 spiro atoms. The van der Waals surface area contributed by atoms with E-state index in [1.807, 2.05) is 10.0 Å². The van der Waals surface area contributed by atoms with Crippen LogP contribution in [0.4, 0.5) is 22.4 Å². The molecule has 0 unspecified atom stereocenters. The summed E-state index contributed by atoms with van der Waals surface area (Å²) in [5.41, 5.74) is -3.01. The van der Waals surface area contributed by atoms with Gasteiger partial charge in [0.15, 0.2) is 5.69 Å². The normalized spacial score (nSPS) is 24.5. The van der Waals surface area contributed by atoms with Crippen LogP contribution in [0.1, 0.15) is 96.0 Å². The van der Waals surface area contributed by atoms with Crippen LogP contribution in [0, 0.1) is 23.7 Å². The number of allylic oxidation sites excluding steroid dienone is 2. The average molecular weight is 877 g/mol. The maximum absolute atomic E-state index is 16.0. The predicted octanol–water partition coefficient (Wildman–Crippen LogP) is 6.27. The van der Waals surface area contributed by atoms with Crippen LogP contribution < -0.4 is 24.8 Å². The van der Waals surface area contributed by atoms with E-state index < -0.39 is 112 Å². The minimum absolute atomic E-state index is 0. The Labute approximate surface area is 350 Å². The van der Waals surface area contributed by atoms with Gasteiger partial charge in [-0.25, -0.2) is 32.0 Å². The van der Waals surface area contributed by atoms with Crippen molar-refractivity contribution in [2.75, 3.05) is 20.2 Å². The molecule has 0 bridgehead atoms. The van der Waals surface area contributed by atoms with Crippen molar-refractivity contribution >= 4 is 44.9 Å². The van der Waals surface area contributed by atoms with Crippen molar-refractivity contribution in [3.8, 4) is 11.6 Å². The number of amides is 4. The first-order chi connectivity index (χ1) is 28.1. The van der Waals surface area contributed by atoms with Crippen molar-refractivity contribution in [1.29, 1.82) is 0 Å². The SMILES string of the molecule is CC(C)C.CC[C@@H]1[C@@H](Oc2nc3cc(OC)ccc3nc2C(F)(F)/C=C/CCC2CC2)CN(C(=O)CNC(=O)O)[C@@H]1C(=O)N[C@]1(C(=O)NS(=O)(=O)C2(C)CC2)C[C@H]1C(F)F.[HH].[HH].[HH]. The Kier molecular flexibility index (Phi) is 14.0. The van der Waals surface area contributed by atoms with E-state index in [1.165, 1.54) is 38.3 Å². The number of aromatic nitrogens is 2. The first-order valence-corrected chi connectivity index (χ1v) is 21.6. The van der Waals surface area contributed by atoms with Gasteiger partial charge in [0.2, 0.25) is 34.1 Å². The molecular weight excluding hydrogens is 817 g/mol. The Hall–Kier alpha value is -4.75. The van der Waals surface area contributed by atoms with Crippen molar-refractivity contribution in [2.45, 2.75) is 121 Å². The van der Waals surface area contributed by atoms with Crippen LogP contribution in [0.5, 0.6) is 11.6 Å². The second-order valence-corrected chi connectivity index (χ2v) is 19.1. The third-order valence-corrected chi connectivity index (χ3v) is 13.3. The summed E-state index contributed by atoms with van der Waals surface area (Å²) < 4.78 is 98.0. The minimum Gasteiger partial charge on any atom is -0.497 e. The first-order valence-electron chi connectivity index (χ1n) is 20.1. The summed E-state index contributed by atoms with van der Waals surface area (Å²) in [4.78, 5) is 61.9. The number of nitrogens with one attached hydrogen (secondary N) is 3. The monoisotopic (exact) mass is 876 g/mol. The number of carboxylic acid groups (broad SMARTS) is 1. The summed E-state index contributed by atoms with van der Waals surface area (Å²) in [5.74, 6) is -8.97. The molecule has 0 radical (unpaired) electrons. The van der Waals surface area contributed by atoms with Gasteiger partial charge in [-0.15, -0.1) is 0 Å². The highest BCUT2D eigenvalue weighted by Gasteiger charge is 2.67. The van der Waals surface area contributed by atoms with Crippen LogP contribution >= 0.6 is 0 Å². The number of hydrogen-bond donors (Lipinski definition) is 4. The lowest BCUT2D eigenvalue weighted by molar-refractivity contribution is -0.140. The zero-order chi connectivity index (χ0) is 44.4. The van der Waals surface area contributed by atoms with Gasteiger partial charge in [0.05, 0.1) is 35.4 Å². The molecule has 1 aromatic carbocycles. The quantitative estimate of drug-likeness (QED) is 0.103. The number of alkyl halides is 4. The van der Waals surface area contributed by atoms with Crippen LogP contribution in [-0.2, 0) is 30.3 Å². The molecule has 4 fully saturated rings. The van der Waals surface area contributed by atoms with Crippen LogP contribution in [-0.4, -0.2) is 101 Å². The first kappa shape index (κ1) is 46.3. The largest absolute Gasteiger partial charge is 0.497 e. The Bertz CT molecular complexity index is 2100. The summed E-state index contributed by atoms with van der Waals surface area (Å²) in [6.45, 7) is 8.15. The van der Waals surface area contributed by atoms with Crippen molar-refractivity contribution in [3.05, 3.63) is 36.0 Å². The fourth-order valence-electron chi connectivity index (χ4n) is 7.10. The number of likely N-dealkylation sites (tertiary alicyclic amines) is 1. The lowest BCUT2D eigenvalue weighted by Crippen LogP contribution is -2.59. The van der Waals surface area contributed by atoms with Gasteiger partial charge < -0.3 is 30.1 Å². The highest BCUT2D eigenvalue weighted by atomic mass is 32.2. The minimum atomic E-state index is -4.31. The lowest BCUT2D eigenvalue weighted by Gasteiger charge is -2.29. The molecule has 3 saturated carbocycles. The fourth-order valence-corrected chi connectivity index (χ4v) is 8.41. The lowest BCUT2D eigenvalue weighted by atomic mass is 9.94. The topological polar surface area (TPSA) is 206 Å². The molecule has 1 aliphatic heterocycles. The standard InChI is InChI=1S/C36H44F4N6O9S.C4H10.3H2/c1-4-21-25(55-31-28(36(39,40)12-6-5-7-19-8-9-19)42-23-11-10-20(54-3)15-24(23)43-31)18-46(26(47)17-41-33(50)51)27(21)30(48)44-35(16-22(35)29(37)38)32(49)45-56(52,53)34(2)13-14-34;1-4(2)3;;;/h6,10-12,15,19,21-22,25,27,29,41H,4-5,7-9,13-14,16-18H2,1-3H3,(H,44,48)(H,45,49)(H,50,51);4H,1-3H3;3*1H/b12-6+;;;;/t21-,22+,25+,27+,35-;;;;/m1..../s1. The molecule has 1 aromatic heterocycles. The number of ether oxygens (including phenoxy) is 2. The third-order valence-electron chi connectivity index (χ3n) is 11.1.